The van der Waals surface area contributed by atoms with E-state index in [1.165, 1.54) is 58.4 Å². The lowest BCUT2D eigenvalue weighted by Gasteiger charge is -2.54. The molecule has 0 aromatic heterocycles. The van der Waals surface area contributed by atoms with Gasteiger partial charge in [0.25, 0.3) is 0 Å². The quantitative estimate of drug-likeness (QED) is 0.732. The smallest absolute Gasteiger partial charge is 0.0630 e. The van der Waals surface area contributed by atoms with Crippen LogP contribution in [0.1, 0.15) is 53.4 Å². The van der Waals surface area contributed by atoms with Gasteiger partial charge in [0.15, 0.2) is 0 Å². The first-order valence-electron chi connectivity index (χ1n) is 10.7. The Morgan fingerprint density at radius 1 is 0.880 bits per heavy atom. The van der Waals surface area contributed by atoms with Gasteiger partial charge in [0.2, 0.25) is 0 Å². The Morgan fingerprint density at radius 2 is 1.56 bits per heavy atom. The van der Waals surface area contributed by atoms with Crippen molar-refractivity contribution in [3.8, 4) is 0 Å². The summed E-state index contributed by atoms with van der Waals surface area (Å²) in [4.78, 5) is 8.16. The molecule has 0 amide bonds. The second kappa shape index (κ2) is 8.69. The number of rotatable bonds is 6. The van der Waals surface area contributed by atoms with Crippen molar-refractivity contribution in [2.24, 2.45) is 11.8 Å². The van der Waals surface area contributed by atoms with Crippen LogP contribution in [0.4, 0.5) is 0 Å². The second-order valence-electron chi connectivity index (χ2n) is 9.36. The van der Waals surface area contributed by atoms with Gasteiger partial charge in [0.1, 0.15) is 0 Å². The van der Waals surface area contributed by atoms with Gasteiger partial charge in [0, 0.05) is 64.0 Å². The molecular weight excluding hydrogens is 310 g/mol. The third-order valence-corrected chi connectivity index (χ3v) is 7.21. The van der Waals surface area contributed by atoms with Crippen LogP contribution in [0, 0.1) is 11.8 Å². The molecule has 1 saturated carbocycles. The number of hydrogen-bond donors (Lipinski definition) is 0. The van der Waals surface area contributed by atoms with E-state index in [2.05, 4.69) is 42.4 Å². The van der Waals surface area contributed by atoms with E-state index in [1.54, 1.807) is 0 Å². The van der Waals surface area contributed by atoms with Crippen molar-refractivity contribution in [3.05, 3.63) is 0 Å². The summed E-state index contributed by atoms with van der Waals surface area (Å²) in [5.74, 6) is 1.82. The first-order chi connectivity index (χ1) is 12.0. The van der Waals surface area contributed by atoms with Crippen molar-refractivity contribution in [3.63, 3.8) is 0 Å². The highest BCUT2D eigenvalue weighted by atomic mass is 16.5. The molecule has 2 heterocycles. The van der Waals surface area contributed by atoms with E-state index >= 15 is 0 Å². The molecule has 0 bridgehead atoms. The fraction of sp³-hybridized carbons (Fsp3) is 1.00. The predicted molar refractivity (Wildman–Crippen MR) is 105 cm³/mol. The zero-order chi connectivity index (χ0) is 18.0. The molecule has 1 aliphatic carbocycles. The summed E-state index contributed by atoms with van der Waals surface area (Å²) < 4.78 is 5.61. The standard InChI is InChI=1S/C21H41N3O/c1-16(2)18-6-8-19(9-7-18)22-10-11-24(21(14-22)15-25-5)20-12-23(13-20)17(3)4/h16-21H,6-15H2,1-5H3/t18?,19?,21-/m1/s1. The van der Waals surface area contributed by atoms with E-state index < -0.39 is 0 Å². The van der Waals surface area contributed by atoms with Crippen LogP contribution in [-0.4, -0.2) is 85.3 Å². The van der Waals surface area contributed by atoms with Gasteiger partial charge in [-0.25, -0.2) is 0 Å². The molecule has 0 unspecified atom stereocenters. The predicted octanol–water partition coefficient (Wildman–Crippen LogP) is 2.93. The fourth-order valence-electron chi connectivity index (χ4n) is 5.30. The van der Waals surface area contributed by atoms with Crippen LogP contribution < -0.4 is 0 Å². The van der Waals surface area contributed by atoms with Gasteiger partial charge < -0.3 is 4.74 Å². The van der Waals surface area contributed by atoms with Crippen molar-refractivity contribution in [1.29, 1.82) is 0 Å². The average Bonchev–Trinajstić information content (AvgIpc) is 2.55. The molecule has 0 aromatic carbocycles. The number of methoxy groups -OCH3 is 1. The van der Waals surface area contributed by atoms with E-state index in [0.29, 0.717) is 12.1 Å². The van der Waals surface area contributed by atoms with E-state index in [4.69, 9.17) is 4.74 Å². The summed E-state index contributed by atoms with van der Waals surface area (Å²) in [5, 5.41) is 0. The maximum absolute atomic E-state index is 5.61. The van der Waals surface area contributed by atoms with Crippen LogP contribution in [0.25, 0.3) is 0 Å². The highest BCUT2D eigenvalue weighted by molar-refractivity contribution is 4.96. The first kappa shape index (κ1) is 19.6. The molecule has 4 heteroatoms. The van der Waals surface area contributed by atoms with Gasteiger partial charge in [0.05, 0.1) is 6.61 Å². The Labute approximate surface area is 155 Å². The summed E-state index contributed by atoms with van der Waals surface area (Å²) in [6, 6.07) is 2.85. The van der Waals surface area contributed by atoms with Gasteiger partial charge in [-0.05, 0) is 51.4 Å². The molecule has 0 radical (unpaired) electrons. The average molecular weight is 352 g/mol. The fourth-order valence-corrected chi connectivity index (χ4v) is 5.30. The summed E-state index contributed by atoms with van der Waals surface area (Å²) in [7, 11) is 1.87. The largest absolute Gasteiger partial charge is 0.383 e. The molecule has 3 aliphatic rings. The minimum atomic E-state index is 0.584. The van der Waals surface area contributed by atoms with Crippen molar-refractivity contribution < 1.29 is 4.74 Å². The van der Waals surface area contributed by atoms with E-state index in [9.17, 15) is 0 Å². The van der Waals surface area contributed by atoms with Crippen LogP contribution in [0.5, 0.6) is 0 Å². The van der Waals surface area contributed by atoms with Crippen molar-refractivity contribution in [2.45, 2.75) is 77.5 Å². The molecule has 2 aliphatic heterocycles. The number of piperazine rings is 1. The zero-order valence-corrected chi connectivity index (χ0v) is 17.3. The van der Waals surface area contributed by atoms with E-state index in [1.807, 2.05) is 7.11 Å². The third kappa shape index (κ3) is 4.58. The Kier molecular flexibility index (Phi) is 6.81. The molecule has 2 saturated heterocycles. The normalized spacial score (nSPS) is 34.0. The van der Waals surface area contributed by atoms with Crippen LogP contribution in [-0.2, 0) is 4.74 Å². The SMILES string of the molecule is COC[C@H]1CN(C2CCC(C(C)C)CC2)CCN1C1CN(C(C)C)C1. The molecule has 0 N–H and O–H groups in total. The van der Waals surface area contributed by atoms with Crippen molar-refractivity contribution >= 4 is 0 Å². The van der Waals surface area contributed by atoms with E-state index in [-0.39, 0.29) is 0 Å². The summed E-state index contributed by atoms with van der Waals surface area (Å²) >= 11 is 0. The van der Waals surface area contributed by atoms with Gasteiger partial charge in [-0.1, -0.05) is 13.8 Å². The lowest BCUT2D eigenvalue weighted by molar-refractivity contribution is -0.0679. The molecule has 0 spiro atoms. The zero-order valence-electron chi connectivity index (χ0n) is 17.3. The van der Waals surface area contributed by atoms with Crippen LogP contribution in [0.2, 0.25) is 0 Å². The second-order valence-corrected chi connectivity index (χ2v) is 9.36. The molecule has 146 valence electrons. The summed E-state index contributed by atoms with van der Waals surface area (Å²) in [6.07, 6.45) is 5.69. The van der Waals surface area contributed by atoms with Gasteiger partial charge in [-0.15, -0.1) is 0 Å². The van der Waals surface area contributed by atoms with Crippen molar-refractivity contribution in [2.75, 3.05) is 46.4 Å². The van der Waals surface area contributed by atoms with E-state index in [0.717, 1.165) is 30.5 Å². The van der Waals surface area contributed by atoms with Crippen LogP contribution in [0.3, 0.4) is 0 Å². The molecule has 4 nitrogen and oxygen atoms in total. The Bertz CT molecular complexity index is 400. The van der Waals surface area contributed by atoms with Gasteiger partial charge in [-0.2, -0.15) is 0 Å². The monoisotopic (exact) mass is 351 g/mol. The first-order valence-corrected chi connectivity index (χ1v) is 10.7. The molecule has 0 aromatic rings. The molecule has 3 rings (SSSR count). The number of likely N-dealkylation sites (tertiary alicyclic amines) is 1. The maximum Gasteiger partial charge on any atom is 0.0630 e. The number of nitrogens with zero attached hydrogens (tertiary/aromatic N) is 3. The van der Waals surface area contributed by atoms with Crippen molar-refractivity contribution in [1.82, 2.24) is 14.7 Å². The number of ether oxygens (including phenoxy) is 1. The molecular formula is C21H41N3O. The lowest BCUT2D eigenvalue weighted by atomic mass is 9.79. The summed E-state index contributed by atoms with van der Waals surface area (Å²) in [5.41, 5.74) is 0. The third-order valence-electron chi connectivity index (χ3n) is 7.21. The minimum absolute atomic E-state index is 0.584. The topological polar surface area (TPSA) is 19.0 Å². The Morgan fingerprint density at radius 3 is 2.12 bits per heavy atom. The molecule has 1 atom stereocenters. The molecule has 25 heavy (non-hydrogen) atoms. The minimum Gasteiger partial charge on any atom is -0.383 e. The lowest BCUT2D eigenvalue weighted by Crippen LogP contribution is -2.68. The number of hydrogen-bond acceptors (Lipinski definition) is 4. The maximum atomic E-state index is 5.61. The summed E-state index contributed by atoms with van der Waals surface area (Å²) in [6.45, 7) is 16.5. The van der Waals surface area contributed by atoms with Crippen LogP contribution >= 0.6 is 0 Å². The van der Waals surface area contributed by atoms with Gasteiger partial charge in [-0.3, -0.25) is 14.7 Å². The van der Waals surface area contributed by atoms with Gasteiger partial charge >= 0.3 is 0 Å². The molecule has 3 fully saturated rings. The van der Waals surface area contributed by atoms with Crippen LogP contribution in [0.15, 0.2) is 0 Å². The highest BCUT2D eigenvalue weighted by Gasteiger charge is 2.40. The highest BCUT2D eigenvalue weighted by Crippen LogP contribution is 2.33. The Hall–Kier alpha value is -0.160. The Balaban J connectivity index is 1.51.